The highest BCUT2D eigenvalue weighted by molar-refractivity contribution is 9.09. The molecule has 0 saturated heterocycles. The number of amides is 1. The van der Waals surface area contributed by atoms with Crippen molar-refractivity contribution in [2.75, 3.05) is 11.9 Å². The Morgan fingerprint density at radius 3 is 2.62 bits per heavy atom. The van der Waals surface area contributed by atoms with Crippen molar-refractivity contribution >= 4 is 21.8 Å². The van der Waals surface area contributed by atoms with Crippen LogP contribution in [0.2, 0.25) is 0 Å². The number of benzene rings is 1. The molecule has 21 heavy (non-hydrogen) atoms. The molecule has 116 valence electrons. The molecule has 1 amide bonds. The Morgan fingerprint density at radius 2 is 1.95 bits per heavy atom. The first kappa shape index (κ1) is 16.4. The van der Waals surface area contributed by atoms with Gasteiger partial charge in [0.2, 0.25) is 5.91 Å². The van der Waals surface area contributed by atoms with Crippen LogP contribution in [0.5, 0.6) is 0 Å². The maximum Gasteiger partial charge on any atom is 0.227 e. The van der Waals surface area contributed by atoms with Crippen molar-refractivity contribution in [1.29, 1.82) is 0 Å². The van der Waals surface area contributed by atoms with Crippen LogP contribution in [0.1, 0.15) is 37.7 Å². The van der Waals surface area contributed by atoms with E-state index in [4.69, 9.17) is 0 Å². The van der Waals surface area contributed by atoms with Crippen LogP contribution in [-0.2, 0) is 11.2 Å². The average Bonchev–Trinajstić information content (AvgIpc) is 2.50. The molecule has 5 heteroatoms. The maximum atomic E-state index is 13.7. The number of carbonyl (C=O) groups is 1. The molecule has 0 heterocycles. The SMILES string of the molecule is O=C(Cc1cccc(F)c1F)N(CCBr)C1CCCCC1. The lowest BCUT2D eigenvalue weighted by Crippen LogP contribution is -2.43. The van der Waals surface area contributed by atoms with Gasteiger partial charge < -0.3 is 4.90 Å². The number of rotatable bonds is 5. The van der Waals surface area contributed by atoms with E-state index in [1.54, 1.807) is 0 Å². The standard InChI is InChI=1S/C16H20BrF2NO/c17-9-10-20(13-6-2-1-3-7-13)15(21)11-12-5-4-8-14(18)16(12)19/h4-5,8,13H,1-3,6-7,9-11H2. The third-order valence-corrected chi connectivity index (χ3v) is 4.39. The van der Waals surface area contributed by atoms with Crippen molar-refractivity contribution in [2.45, 2.75) is 44.6 Å². The van der Waals surface area contributed by atoms with Crippen molar-refractivity contribution in [2.24, 2.45) is 0 Å². The first-order valence-corrected chi connectivity index (χ1v) is 8.54. The van der Waals surface area contributed by atoms with E-state index in [1.165, 1.54) is 18.6 Å². The van der Waals surface area contributed by atoms with Gasteiger partial charge in [0, 0.05) is 23.5 Å². The normalized spacial score (nSPS) is 16.0. The molecule has 0 spiro atoms. The average molecular weight is 360 g/mol. The second-order valence-electron chi connectivity index (χ2n) is 5.46. The van der Waals surface area contributed by atoms with Crippen LogP contribution < -0.4 is 0 Å². The van der Waals surface area contributed by atoms with E-state index >= 15 is 0 Å². The maximum absolute atomic E-state index is 13.7. The van der Waals surface area contributed by atoms with E-state index in [0.717, 1.165) is 31.7 Å². The van der Waals surface area contributed by atoms with Crippen LogP contribution in [0.25, 0.3) is 0 Å². The number of alkyl halides is 1. The van der Waals surface area contributed by atoms with Gasteiger partial charge in [0.1, 0.15) is 0 Å². The number of halogens is 3. The van der Waals surface area contributed by atoms with Gasteiger partial charge in [-0.05, 0) is 18.9 Å². The molecular formula is C16H20BrF2NO. The Labute approximate surface area is 132 Å². The van der Waals surface area contributed by atoms with Crippen molar-refractivity contribution in [3.05, 3.63) is 35.4 Å². The lowest BCUT2D eigenvalue weighted by molar-refractivity contribution is -0.133. The van der Waals surface area contributed by atoms with Gasteiger partial charge in [0.15, 0.2) is 11.6 Å². The quantitative estimate of drug-likeness (QED) is 0.725. The summed E-state index contributed by atoms with van der Waals surface area (Å²) in [5.41, 5.74) is 0.135. The summed E-state index contributed by atoms with van der Waals surface area (Å²) < 4.78 is 26.9. The van der Waals surface area contributed by atoms with Gasteiger partial charge >= 0.3 is 0 Å². The summed E-state index contributed by atoms with van der Waals surface area (Å²) in [5.74, 6) is -1.93. The molecule has 0 aromatic heterocycles. The zero-order valence-electron chi connectivity index (χ0n) is 12.0. The fraction of sp³-hybridized carbons (Fsp3) is 0.562. The summed E-state index contributed by atoms with van der Waals surface area (Å²) >= 11 is 3.37. The van der Waals surface area contributed by atoms with Crippen LogP contribution in [0.3, 0.4) is 0 Å². The Bertz CT molecular complexity index is 489. The second kappa shape index (κ2) is 7.87. The molecule has 2 nitrogen and oxygen atoms in total. The molecule has 0 aliphatic heterocycles. The molecule has 1 fully saturated rings. The molecule has 1 aliphatic rings. The highest BCUT2D eigenvalue weighted by Gasteiger charge is 2.25. The van der Waals surface area contributed by atoms with Crippen molar-refractivity contribution in [3.63, 3.8) is 0 Å². The van der Waals surface area contributed by atoms with Crippen LogP contribution in [0, 0.1) is 11.6 Å². The lowest BCUT2D eigenvalue weighted by atomic mass is 9.93. The predicted octanol–water partition coefficient (Wildman–Crippen LogP) is 4.06. The topological polar surface area (TPSA) is 20.3 Å². The minimum Gasteiger partial charge on any atom is -0.339 e. The lowest BCUT2D eigenvalue weighted by Gasteiger charge is -2.34. The molecule has 1 saturated carbocycles. The minimum atomic E-state index is -0.909. The first-order chi connectivity index (χ1) is 10.1. The molecule has 1 aliphatic carbocycles. The van der Waals surface area contributed by atoms with Crippen LogP contribution >= 0.6 is 15.9 Å². The summed E-state index contributed by atoms with van der Waals surface area (Å²) in [7, 11) is 0. The van der Waals surface area contributed by atoms with Crippen molar-refractivity contribution in [3.8, 4) is 0 Å². The van der Waals surface area contributed by atoms with E-state index < -0.39 is 11.6 Å². The molecule has 0 atom stereocenters. The first-order valence-electron chi connectivity index (χ1n) is 7.42. The van der Waals surface area contributed by atoms with Gasteiger partial charge in [0.05, 0.1) is 6.42 Å². The van der Waals surface area contributed by atoms with Gasteiger partial charge in [-0.25, -0.2) is 8.78 Å². The summed E-state index contributed by atoms with van der Waals surface area (Å²) in [4.78, 5) is 14.3. The highest BCUT2D eigenvalue weighted by Crippen LogP contribution is 2.24. The Balaban J connectivity index is 2.09. The second-order valence-corrected chi connectivity index (χ2v) is 6.25. The Hall–Kier alpha value is -0.970. The predicted molar refractivity (Wildman–Crippen MR) is 82.4 cm³/mol. The number of nitrogens with zero attached hydrogens (tertiary/aromatic N) is 1. The molecule has 1 aromatic rings. The fourth-order valence-corrected chi connectivity index (χ4v) is 3.33. The summed E-state index contributed by atoms with van der Waals surface area (Å²) in [5, 5.41) is 0.695. The molecule has 2 rings (SSSR count). The monoisotopic (exact) mass is 359 g/mol. The number of hydrogen-bond acceptors (Lipinski definition) is 1. The zero-order valence-corrected chi connectivity index (χ0v) is 13.5. The van der Waals surface area contributed by atoms with Crippen molar-refractivity contribution in [1.82, 2.24) is 4.90 Å². The summed E-state index contributed by atoms with van der Waals surface area (Å²) in [6, 6.07) is 4.22. The molecule has 0 radical (unpaired) electrons. The third-order valence-electron chi connectivity index (χ3n) is 4.03. The van der Waals surface area contributed by atoms with E-state index in [9.17, 15) is 13.6 Å². The van der Waals surface area contributed by atoms with Crippen LogP contribution in [0.15, 0.2) is 18.2 Å². The molecule has 0 bridgehead atoms. The van der Waals surface area contributed by atoms with Gasteiger partial charge in [-0.15, -0.1) is 0 Å². The smallest absolute Gasteiger partial charge is 0.227 e. The molecule has 0 unspecified atom stereocenters. The van der Waals surface area contributed by atoms with Crippen LogP contribution in [0.4, 0.5) is 8.78 Å². The van der Waals surface area contributed by atoms with Gasteiger partial charge in [-0.2, -0.15) is 0 Å². The summed E-state index contributed by atoms with van der Waals surface area (Å²) in [6.07, 6.45) is 5.41. The Morgan fingerprint density at radius 1 is 1.24 bits per heavy atom. The molecule has 1 aromatic carbocycles. The van der Waals surface area contributed by atoms with E-state index in [-0.39, 0.29) is 23.9 Å². The van der Waals surface area contributed by atoms with Crippen LogP contribution in [-0.4, -0.2) is 28.7 Å². The van der Waals surface area contributed by atoms with Gasteiger partial charge in [0.25, 0.3) is 0 Å². The summed E-state index contributed by atoms with van der Waals surface area (Å²) in [6.45, 7) is 0.612. The Kier molecular flexibility index (Phi) is 6.15. The van der Waals surface area contributed by atoms with Gasteiger partial charge in [-0.3, -0.25) is 4.79 Å². The zero-order chi connectivity index (χ0) is 15.2. The molecule has 0 N–H and O–H groups in total. The van der Waals surface area contributed by atoms with Gasteiger partial charge in [-0.1, -0.05) is 47.3 Å². The van der Waals surface area contributed by atoms with E-state index in [1.807, 2.05) is 4.90 Å². The fourth-order valence-electron chi connectivity index (χ4n) is 2.94. The minimum absolute atomic E-state index is 0.0763. The van der Waals surface area contributed by atoms with Crippen molar-refractivity contribution < 1.29 is 13.6 Å². The highest BCUT2D eigenvalue weighted by atomic mass is 79.9. The number of hydrogen-bond donors (Lipinski definition) is 0. The third kappa shape index (κ3) is 4.25. The largest absolute Gasteiger partial charge is 0.339 e. The van der Waals surface area contributed by atoms with E-state index in [0.29, 0.717) is 11.9 Å². The van der Waals surface area contributed by atoms with E-state index in [2.05, 4.69) is 15.9 Å². The number of carbonyl (C=O) groups excluding carboxylic acids is 1. The molecular weight excluding hydrogens is 340 g/mol.